The lowest BCUT2D eigenvalue weighted by molar-refractivity contribution is 0.667. The summed E-state index contributed by atoms with van der Waals surface area (Å²) in [6, 6.07) is 18.6. The van der Waals surface area contributed by atoms with Crippen LogP contribution in [0.2, 0.25) is 0 Å². The van der Waals surface area contributed by atoms with Crippen LogP contribution in [0, 0.1) is 0 Å². The van der Waals surface area contributed by atoms with Crippen molar-refractivity contribution in [1.29, 1.82) is 0 Å². The number of aliphatic imine (C=N–C) groups is 1. The molecule has 0 amide bonds. The molecule has 0 radical (unpaired) electrons. The van der Waals surface area contributed by atoms with E-state index in [9.17, 15) is 0 Å². The number of nitrogens with zero attached hydrogens (tertiary/aromatic N) is 1. The molecule has 2 nitrogen and oxygen atoms in total. The minimum Gasteiger partial charge on any atom is -0.386 e. The highest BCUT2D eigenvalue weighted by molar-refractivity contribution is 6.02. The van der Waals surface area contributed by atoms with Crippen molar-refractivity contribution in [2.45, 2.75) is 18.8 Å². The lowest BCUT2D eigenvalue weighted by Gasteiger charge is -2.29. The summed E-state index contributed by atoms with van der Waals surface area (Å²) in [6.07, 6.45) is 0.920. The Morgan fingerprint density at radius 3 is 2.39 bits per heavy atom. The van der Waals surface area contributed by atoms with Gasteiger partial charge in [-0.15, -0.1) is 0 Å². The molecular weight excluding hydrogens is 220 g/mol. The first kappa shape index (κ1) is 11.0. The quantitative estimate of drug-likeness (QED) is 0.852. The van der Waals surface area contributed by atoms with Gasteiger partial charge in [-0.05, 0) is 23.6 Å². The number of rotatable bonds is 2. The lowest BCUT2D eigenvalue weighted by atomic mass is 9.72. The first-order chi connectivity index (χ1) is 8.79. The highest BCUT2D eigenvalue weighted by Crippen LogP contribution is 2.45. The summed E-state index contributed by atoms with van der Waals surface area (Å²) in [6.45, 7) is 2.16. The van der Waals surface area contributed by atoms with Gasteiger partial charge in [0.05, 0.1) is 11.1 Å². The molecule has 0 saturated carbocycles. The Kier molecular flexibility index (Phi) is 2.44. The molecule has 1 heterocycles. The Balaban J connectivity index is 2.28. The number of hydrogen-bond donors (Lipinski definition) is 1. The predicted octanol–water partition coefficient (Wildman–Crippen LogP) is 3.39. The fourth-order valence-electron chi connectivity index (χ4n) is 2.90. The van der Waals surface area contributed by atoms with Gasteiger partial charge in [0.25, 0.3) is 0 Å². The third-order valence-electron chi connectivity index (χ3n) is 3.84. The Morgan fingerprint density at radius 1 is 1.00 bits per heavy atom. The van der Waals surface area contributed by atoms with Gasteiger partial charge < -0.3 is 5.73 Å². The van der Waals surface area contributed by atoms with E-state index in [0.29, 0.717) is 5.84 Å². The summed E-state index contributed by atoms with van der Waals surface area (Å²) in [5.74, 6) is 0.706. The van der Waals surface area contributed by atoms with Gasteiger partial charge >= 0.3 is 0 Å². The smallest absolute Gasteiger partial charge is 0.115 e. The molecule has 3 rings (SSSR count). The van der Waals surface area contributed by atoms with E-state index in [0.717, 1.165) is 12.1 Å². The Labute approximate surface area is 107 Å². The maximum atomic E-state index is 6.26. The molecule has 2 heteroatoms. The molecule has 0 unspecified atom stereocenters. The summed E-state index contributed by atoms with van der Waals surface area (Å²) in [5.41, 5.74) is 9.45. The van der Waals surface area contributed by atoms with Crippen LogP contribution < -0.4 is 5.73 Å². The third-order valence-corrected chi connectivity index (χ3v) is 3.84. The van der Waals surface area contributed by atoms with Crippen LogP contribution in [0.4, 0.5) is 5.69 Å². The zero-order chi connectivity index (χ0) is 12.6. The van der Waals surface area contributed by atoms with Crippen molar-refractivity contribution < 1.29 is 0 Å². The minimum atomic E-state index is -0.252. The van der Waals surface area contributed by atoms with Gasteiger partial charge in [0.2, 0.25) is 0 Å². The summed E-state index contributed by atoms with van der Waals surface area (Å²) in [4.78, 5) is 4.55. The van der Waals surface area contributed by atoms with Crippen LogP contribution in [0.1, 0.15) is 24.5 Å². The fraction of sp³-hybridized carbons (Fsp3) is 0.188. The summed E-state index contributed by atoms with van der Waals surface area (Å²) in [7, 11) is 0. The molecule has 2 aromatic rings. The van der Waals surface area contributed by atoms with Crippen LogP contribution in [0.3, 0.4) is 0 Å². The van der Waals surface area contributed by atoms with E-state index in [1.165, 1.54) is 11.1 Å². The molecule has 90 valence electrons. The number of benzene rings is 2. The van der Waals surface area contributed by atoms with Crippen molar-refractivity contribution >= 4 is 11.5 Å². The van der Waals surface area contributed by atoms with Crippen molar-refractivity contribution in [3.63, 3.8) is 0 Å². The molecule has 2 aromatic carbocycles. The number of fused-ring (bicyclic) bond motifs is 1. The highest BCUT2D eigenvalue weighted by Gasteiger charge is 2.42. The van der Waals surface area contributed by atoms with Crippen LogP contribution >= 0.6 is 0 Å². The van der Waals surface area contributed by atoms with Gasteiger partial charge in [-0.25, -0.2) is 4.99 Å². The minimum absolute atomic E-state index is 0.252. The number of para-hydroxylation sites is 1. The van der Waals surface area contributed by atoms with E-state index < -0.39 is 0 Å². The van der Waals surface area contributed by atoms with E-state index in [4.69, 9.17) is 5.73 Å². The van der Waals surface area contributed by atoms with Crippen molar-refractivity contribution in [3.05, 3.63) is 65.7 Å². The average molecular weight is 236 g/mol. The number of hydrogen-bond acceptors (Lipinski definition) is 2. The SMILES string of the molecule is CC[C@@]1(c2ccccc2)C(N)=Nc2ccccc21. The second-order valence-corrected chi connectivity index (χ2v) is 4.64. The van der Waals surface area contributed by atoms with E-state index >= 15 is 0 Å². The first-order valence-corrected chi connectivity index (χ1v) is 6.28. The van der Waals surface area contributed by atoms with Gasteiger partial charge in [0.1, 0.15) is 5.84 Å². The van der Waals surface area contributed by atoms with Gasteiger partial charge in [0.15, 0.2) is 0 Å². The average Bonchev–Trinajstić information content (AvgIpc) is 2.72. The van der Waals surface area contributed by atoms with E-state index in [1.54, 1.807) is 0 Å². The molecule has 0 aromatic heterocycles. The highest BCUT2D eigenvalue weighted by atomic mass is 14.9. The molecule has 1 atom stereocenters. The number of amidine groups is 1. The second kappa shape index (κ2) is 3.98. The topological polar surface area (TPSA) is 38.4 Å². The van der Waals surface area contributed by atoms with E-state index in [-0.39, 0.29) is 5.41 Å². The van der Waals surface area contributed by atoms with Crippen molar-refractivity contribution in [1.82, 2.24) is 0 Å². The van der Waals surface area contributed by atoms with Crippen LogP contribution in [0.25, 0.3) is 0 Å². The molecule has 0 spiro atoms. The molecule has 0 fully saturated rings. The summed E-state index contributed by atoms with van der Waals surface area (Å²) >= 11 is 0. The lowest BCUT2D eigenvalue weighted by Crippen LogP contribution is -2.39. The molecule has 2 N–H and O–H groups in total. The van der Waals surface area contributed by atoms with Crippen LogP contribution in [0.5, 0.6) is 0 Å². The number of nitrogens with two attached hydrogens (primary N) is 1. The molecule has 18 heavy (non-hydrogen) atoms. The predicted molar refractivity (Wildman–Crippen MR) is 75.2 cm³/mol. The molecule has 0 saturated heterocycles. The van der Waals surface area contributed by atoms with Crippen molar-refractivity contribution in [2.24, 2.45) is 10.7 Å². The molecule has 1 aliphatic rings. The van der Waals surface area contributed by atoms with Crippen molar-refractivity contribution in [2.75, 3.05) is 0 Å². The zero-order valence-corrected chi connectivity index (χ0v) is 10.4. The maximum Gasteiger partial charge on any atom is 0.115 e. The van der Waals surface area contributed by atoms with E-state index in [1.807, 2.05) is 18.2 Å². The summed E-state index contributed by atoms with van der Waals surface area (Å²) in [5, 5.41) is 0. The molecule has 0 bridgehead atoms. The molecular formula is C16H16N2. The van der Waals surface area contributed by atoms with Gasteiger partial charge in [-0.1, -0.05) is 55.5 Å². The Bertz CT molecular complexity index is 602. The third kappa shape index (κ3) is 1.32. The zero-order valence-electron chi connectivity index (χ0n) is 10.4. The fourth-order valence-corrected chi connectivity index (χ4v) is 2.90. The van der Waals surface area contributed by atoms with Gasteiger partial charge in [-0.3, -0.25) is 0 Å². The molecule has 0 aliphatic carbocycles. The van der Waals surface area contributed by atoms with Crippen molar-refractivity contribution in [3.8, 4) is 0 Å². The standard InChI is InChI=1S/C16H16N2/c1-2-16(12-8-4-3-5-9-12)13-10-6-7-11-14(13)18-15(16)17/h3-11H,2H2,1H3,(H2,17,18)/t16-/m0/s1. The molecule has 1 aliphatic heterocycles. The maximum absolute atomic E-state index is 6.26. The normalized spacial score (nSPS) is 21.5. The first-order valence-electron chi connectivity index (χ1n) is 6.28. The van der Waals surface area contributed by atoms with Gasteiger partial charge in [0, 0.05) is 0 Å². The monoisotopic (exact) mass is 236 g/mol. The summed E-state index contributed by atoms with van der Waals surface area (Å²) < 4.78 is 0. The Hall–Kier alpha value is -2.09. The van der Waals surface area contributed by atoms with E-state index in [2.05, 4.69) is 48.3 Å². The Morgan fingerprint density at radius 2 is 1.67 bits per heavy atom. The van der Waals surface area contributed by atoms with Crippen LogP contribution in [-0.2, 0) is 5.41 Å². The van der Waals surface area contributed by atoms with Crippen LogP contribution in [-0.4, -0.2) is 5.84 Å². The second-order valence-electron chi connectivity index (χ2n) is 4.64. The largest absolute Gasteiger partial charge is 0.386 e. The van der Waals surface area contributed by atoms with Crippen LogP contribution in [0.15, 0.2) is 59.6 Å². The van der Waals surface area contributed by atoms with Gasteiger partial charge in [-0.2, -0.15) is 0 Å².